The largest absolute Gasteiger partial charge is 0.362 e. The minimum Gasteiger partial charge on any atom is -0.362 e. The molecule has 0 aliphatic heterocycles. The van der Waals surface area contributed by atoms with Crippen LogP contribution in [-0.2, 0) is 6.54 Å². The van der Waals surface area contributed by atoms with E-state index in [2.05, 4.69) is 20.6 Å². The zero-order chi connectivity index (χ0) is 23.5. The van der Waals surface area contributed by atoms with Gasteiger partial charge in [-0.15, -0.1) is 0 Å². The second-order valence-corrected chi connectivity index (χ2v) is 8.72. The van der Waals surface area contributed by atoms with Gasteiger partial charge in [0.25, 0.3) is 0 Å². The Morgan fingerprint density at radius 3 is 2.30 bits per heavy atom. The number of rotatable bonds is 7. The predicted molar refractivity (Wildman–Crippen MR) is 125 cm³/mol. The molecule has 1 saturated carbocycles. The maximum absolute atomic E-state index is 13.8. The number of hydrogen-bond donors (Lipinski definition) is 2. The topological polar surface area (TPSA) is 53.1 Å². The molecular weight excluding hydrogens is 434 g/mol. The lowest BCUT2D eigenvalue weighted by atomic mass is 9.86. The van der Waals surface area contributed by atoms with Crippen molar-refractivity contribution in [2.45, 2.75) is 38.3 Å². The Morgan fingerprint density at radius 1 is 0.970 bits per heavy atom. The van der Waals surface area contributed by atoms with Crippen LogP contribution >= 0.6 is 0 Å². The molecule has 0 amide bonds. The van der Waals surface area contributed by atoms with E-state index < -0.39 is 28.8 Å². The lowest BCUT2D eigenvalue weighted by Crippen LogP contribution is -2.32. The van der Waals surface area contributed by atoms with Gasteiger partial charge in [-0.05, 0) is 50.3 Å². The van der Waals surface area contributed by atoms with E-state index in [9.17, 15) is 17.6 Å². The highest BCUT2D eigenvalue weighted by atomic mass is 19.2. The molecule has 0 saturated heterocycles. The summed E-state index contributed by atoms with van der Waals surface area (Å²) < 4.78 is 54.3. The third-order valence-electron chi connectivity index (χ3n) is 6.12. The highest BCUT2D eigenvalue weighted by molar-refractivity contribution is 5.90. The molecule has 0 spiro atoms. The molecule has 0 atom stereocenters. The molecule has 2 N–H and O–H groups in total. The van der Waals surface area contributed by atoms with Crippen molar-refractivity contribution < 1.29 is 20.4 Å². The van der Waals surface area contributed by atoms with E-state index in [-0.39, 0.29) is 21.5 Å². The Kier molecular flexibility index (Phi) is 6.97. The van der Waals surface area contributed by atoms with Crippen LogP contribution in [0.15, 0.2) is 30.3 Å². The number of benzene rings is 2. The summed E-state index contributed by atoms with van der Waals surface area (Å²) >= 11 is 0. The summed E-state index contributed by atoms with van der Waals surface area (Å²) in [4.78, 5) is 11.3. The van der Waals surface area contributed by atoms with Crippen LogP contribution in [0, 0.1) is 29.2 Å². The van der Waals surface area contributed by atoms with Gasteiger partial charge in [0, 0.05) is 46.6 Å². The highest BCUT2D eigenvalue weighted by Crippen LogP contribution is 2.28. The van der Waals surface area contributed by atoms with Crippen LogP contribution in [0.25, 0.3) is 10.9 Å². The van der Waals surface area contributed by atoms with Gasteiger partial charge >= 0.3 is 0 Å². The van der Waals surface area contributed by atoms with Crippen molar-refractivity contribution in [3.05, 3.63) is 59.2 Å². The average molecular weight is 466 g/mol. The molecule has 3 aromatic rings. The standard InChI is InChI=1S/C24H27F4N5.2H2/c1-33(2)23-16-5-3-4-6-20(16)31-24(32-23)30-15-9-7-14(8-10-15)12-29-13-17-21(27)18(25)11-19(26)22(17)28;;/h3-6,11,14-15,29H,7-10,12-13H2,1-2H3,(H,30,31,32);2*1H. The van der Waals surface area contributed by atoms with E-state index in [4.69, 9.17) is 0 Å². The summed E-state index contributed by atoms with van der Waals surface area (Å²) in [6.07, 6.45) is 3.61. The monoisotopic (exact) mass is 465 g/mol. The summed E-state index contributed by atoms with van der Waals surface area (Å²) in [7, 11) is 3.90. The summed E-state index contributed by atoms with van der Waals surface area (Å²) in [5.41, 5.74) is 0.276. The number of nitrogens with zero attached hydrogens (tertiary/aromatic N) is 3. The second-order valence-electron chi connectivity index (χ2n) is 8.72. The highest BCUT2D eigenvalue weighted by Gasteiger charge is 2.23. The first kappa shape index (κ1) is 23.2. The van der Waals surface area contributed by atoms with Crippen molar-refractivity contribution in [3.63, 3.8) is 0 Å². The van der Waals surface area contributed by atoms with Gasteiger partial charge in [0.1, 0.15) is 5.82 Å². The fraction of sp³-hybridized carbons (Fsp3) is 0.417. The Labute approximate surface area is 193 Å². The van der Waals surface area contributed by atoms with E-state index in [1.54, 1.807) is 0 Å². The van der Waals surface area contributed by atoms with E-state index in [0.29, 0.717) is 18.4 Å². The molecule has 1 fully saturated rings. The first-order valence-corrected chi connectivity index (χ1v) is 11.1. The fourth-order valence-electron chi connectivity index (χ4n) is 4.34. The SMILES string of the molecule is CN(C)c1nc(NC2CCC(CNCc3c(F)c(F)cc(F)c3F)CC2)nc2ccccc12.[HH].[HH]. The Balaban J connectivity index is 0.00000216. The molecule has 9 heteroatoms. The van der Waals surface area contributed by atoms with E-state index in [0.717, 1.165) is 42.4 Å². The number of para-hydroxylation sites is 1. The quantitative estimate of drug-likeness (QED) is 0.356. The molecule has 1 heterocycles. The minimum absolute atomic E-state index is 0. The fourth-order valence-corrected chi connectivity index (χ4v) is 4.34. The van der Waals surface area contributed by atoms with Crippen LogP contribution in [0.4, 0.5) is 29.3 Å². The first-order chi connectivity index (χ1) is 15.8. The van der Waals surface area contributed by atoms with Gasteiger partial charge in [-0.3, -0.25) is 0 Å². The molecule has 0 radical (unpaired) electrons. The van der Waals surface area contributed by atoms with Crippen molar-refractivity contribution in [3.8, 4) is 0 Å². The van der Waals surface area contributed by atoms with Crippen LogP contribution in [-0.4, -0.2) is 36.6 Å². The van der Waals surface area contributed by atoms with Crippen molar-refractivity contribution in [1.29, 1.82) is 0 Å². The molecular formula is C24H31F4N5. The van der Waals surface area contributed by atoms with Crippen molar-refractivity contribution in [1.82, 2.24) is 15.3 Å². The summed E-state index contributed by atoms with van der Waals surface area (Å²) in [5, 5.41) is 7.39. The van der Waals surface area contributed by atoms with E-state index in [1.807, 2.05) is 43.3 Å². The number of nitrogens with one attached hydrogen (secondary N) is 2. The normalized spacial score (nSPS) is 18.5. The van der Waals surface area contributed by atoms with Gasteiger partial charge in [0.05, 0.1) is 5.52 Å². The second kappa shape index (κ2) is 9.91. The molecule has 0 bridgehead atoms. The molecule has 4 rings (SSSR count). The van der Waals surface area contributed by atoms with Gasteiger partial charge < -0.3 is 15.5 Å². The Hall–Kier alpha value is -2.94. The predicted octanol–water partition coefficient (Wildman–Crippen LogP) is 5.50. The van der Waals surface area contributed by atoms with Crippen molar-refractivity contribution in [2.75, 3.05) is 30.9 Å². The van der Waals surface area contributed by atoms with Crippen molar-refractivity contribution in [2.24, 2.45) is 5.92 Å². The van der Waals surface area contributed by atoms with Gasteiger partial charge in [-0.25, -0.2) is 22.5 Å². The maximum Gasteiger partial charge on any atom is 0.225 e. The first-order valence-electron chi connectivity index (χ1n) is 11.1. The molecule has 1 aliphatic carbocycles. The third kappa shape index (κ3) is 5.19. The van der Waals surface area contributed by atoms with Crippen molar-refractivity contribution >= 4 is 22.7 Å². The lowest BCUT2D eigenvalue weighted by molar-refractivity contribution is 0.321. The minimum atomic E-state index is -1.38. The summed E-state index contributed by atoms with van der Waals surface area (Å²) in [6.45, 7) is 0.254. The maximum atomic E-state index is 13.8. The number of fused-ring (bicyclic) bond motifs is 1. The van der Waals surface area contributed by atoms with Crippen LogP contribution in [0.1, 0.15) is 34.1 Å². The van der Waals surface area contributed by atoms with Crippen LogP contribution in [0.5, 0.6) is 0 Å². The van der Waals surface area contributed by atoms with Gasteiger partial charge in [0.15, 0.2) is 23.3 Å². The summed E-state index contributed by atoms with van der Waals surface area (Å²) in [6, 6.07) is 8.34. The van der Waals surface area contributed by atoms with Crippen LogP contribution < -0.4 is 15.5 Å². The molecule has 5 nitrogen and oxygen atoms in total. The summed E-state index contributed by atoms with van der Waals surface area (Å²) in [5.74, 6) is -3.70. The number of hydrogen-bond acceptors (Lipinski definition) is 5. The molecule has 180 valence electrons. The molecule has 33 heavy (non-hydrogen) atoms. The van der Waals surface area contributed by atoms with Gasteiger partial charge in [0.2, 0.25) is 5.95 Å². The molecule has 0 unspecified atom stereocenters. The van der Waals surface area contributed by atoms with E-state index in [1.165, 1.54) is 0 Å². The molecule has 1 aromatic heterocycles. The van der Waals surface area contributed by atoms with E-state index >= 15 is 0 Å². The zero-order valence-electron chi connectivity index (χ0n) is 18.6. The third-order valence-corrected chi connectivity index (χ3v) is 6.12. The number of anilines is 2. The number of halogens is 4. The van der Waals surface area contributed by atoms with Crippen LogP contribution in [0.3, 0.4) is 0 Å². The average Bonchev–Trinajstić information content (AvgIpc) is 2.80. The van der Waals surface area contributed by atoms with Crippen LogP contribution in [0.2, 0.25) is 0 Å². The Morgan fingerprint density at radius 2 is 1.64 bits per heavy atom. The Bertz CT molecular complexity index is 1110. The van der Waals surface area contributed by atoms with Gasteiger partial charge in [-0.1, -0.05) is 12.1 Å². The molecule has 2 aromatic carbocycles. The lowest BCUT2D eigenvalue weighted by Gasteiger charge is -2.29. The number of aromatic nitrogens is 2. The zero-order valence-corrected chi connectivity index (χ0v) is 18.6. The van der Waals surface area contributed by atoms with Gasteiger partial charge in [-0.2, -0.15) is 4.98 Å². The smallest absolute Gasteiger partial charge is 0.225 e. The molecule has 1 aliphatic rings.